The fourth-order valence-electron chi connectivity index (χ4n) is 4.30. The molecule has 1 aliphatic rings. The van der Waals surface area contributed by atoms with E-state index < -0.39 is 11.9 Å². The molecule has 1 unspecified atom stereocenters. The lowest BCUT2D eigenvalue weighted by Crippen LogP contribution is -2.21. The molecule has 5 rings (SSSR count). The van der Waals surface area contributed by atoms with Gasteiger partial charge >= 0.3 is 5.97 Å². The number of nitriles is 1. The molecule has 0 spiro atoms. The quantitative estimate of drug-likeness (QED) is 0.249. The van der Waals surface area contributed by atoms with Gasteiger partial charge in [0.2, 0.25) is 5.88 Å². The lowest BCUT2D eigenvalue weighted by atomic mass is 9.83. The Bertz CT molecular complexity index is 1540. The lowest BCUT2D eigenvalue weighted by Gasteiger charge is -2.27. The second-order valence-electron chi connectivity index (χ2n) is 8.61. The Morgan fingerprint density at radius 1 is 0.895 bits per heavy atom. The number of ether oxygens (including phenoxy) is 4. The second kappa shape index (κ2) is 10.8. The maximum absolute atomic E-state index is 12.6. The van der Waals surface area contributed by atoms with Crippen molar-refractivity contribution in [3.05, 3.63) is 125 Å². The number of para-hydroxylation sites is 1. The van der Waals surface area contributed by atoms with Crippen molar-refractivity contribution in [3.8, 4) is 34.8 Å². The highest BCUT2D eigenvalue weighted by Gasteiger charge is 2.31. The van der Waals surface area contributed by atoms with Gasteiger partial charge in [-0.25, -0.2) is 0 Å². The lowest BCUT2D eigenvalue weighted by molar-refractivity contribution is -0.133. The molecule has 1 aliphatic heterocycles. The fourth-order valence-corrected chi connectivity index (χ4v) is 4.30. The third kappa shape index (κ3) is 5.30. The van der Waals surface area contributed by atoms with E-state index in [-0.39, 0.29) is 12.3 Å². The van der Waals surface area contributed by atoms with E-state index >= 15 is 0 Å². The van der Waals surface area contributed by atoms with Gasteiger partial charge in [-0.05, 0) is 53.6 Å². The van der Waals surface area contributed by atoms with Crippen LogP contribution in [0.25, 0.3) is 0 Å². The molecule has 0 fully saturated rings. The number of fused-ring (bicyclic) bond motifs is 1. The number of hydrogen-bond donors (Lipinski definition) is 1. The smallest absolute Gasteiger partial charge is 0.315 e. The fraction of sp³-hybridized carbons (Fsp3) is 0.0968. The summed E-state index contributed by atoms with van der Waals surface area (Å²) in [6.45, 7) is 0. The predicted octanol–water partition coefficient (Wildman–Crippen LogP) is 5.85. The van der Waals surface area contributed by atoms with E-state index in [1.54, 1.807) is 37.4 Å². The third-order valence-electron chi connectivity index (χ3n) is 6.10. The van der Waals surface area contributed by atoms with Gasteiger partial charge in [-0.1, -0.05) is 48.5 Å². The molecule has 38 heavy (non-hydrogen) atoms. The molecule has 1 atom stereocenters. The van der Waals surface area contributed by atoms with Crippen LogP contribution in [0, 0.1) is 11.3 Å². The van der Waals surface area contributed by atoms with Crippen LogP contribution in [0.3, 0.4) is 0 Å². The van der Waals surface area contributed by atoms with Crippen molar-refractivity contribution in [2.75, 3.05) is 7.11 Å². The molecule has 4 aromatic carbocycles. The van der Waals surface area contributed by atoms with Crippen molar-refractivity contribution >= 4 is 5.97 Å². The van der Waals surface area contributed by atoms with Gasteiger partial charge in [0.05, 0.1) is 19.4 Å². The van der Waals surface area contributed by atoms with Crippen molar-refractivity contribution in [1.29, 1.82) is 5.26 Å². The van der Waals surface area contributed by atoms with Gasteiger partial charge in [0.1, 0.15) is 40.4 Å². The zero-order valence-electron chi connectivity index (χ0n) is 20.6. The predicted molar refractivity (Wildman–Crippen MR) is 141 cm³/mol. The summed E-state index contributed by atoms with van der Waals surface area (Å²) in [6.07, 6.45) is 0.0966. The Kier molecular flexibility index (Phi) is 6.96. The summed E-state index contributed by atoms with van der Waals surface area (Å²) in [5, 5.41) is 9.89. The topological polar surface area (TPSA) is 104 Å². The van der Waals surface area contributed by atoms with Crippen molar-refractivity contribution in [1.82, 2.24) is 0 Å². The number of carbonyl (C=O) groups is 1. The minimum Gasteiger partial charge on any atom is -0.497 e. The number of rotatable bonds is 7. The van der Waals surface area contributed by atoms with Crippen molar-refractivity contribution in [2.24, 2.45) is 5.73 Å². The van der Waals surface area contributed by atoms with Gasteiger partial charge in [0.15, 0.2) is 0 Å². The Hall–Kier alpha value is -5.22. The highest BCUT2D eigenvalue weighted by atomic mass is 16.5. The van der Waals surface area contributed by atoms with Crippen molar-refractivity contribution in [2.45, 2.75) is 12.3 Å². The van der Waals surface area contributed by atoms with E-state index in [1.165, 1.54) is 0 Å². The summed E-state index contributed by atoms with van der Waals surface area (Å²) in [7, 11) is 1.59. The summed E-state index contributed by atoms with van der Waals surface area (Å²) < 4.78 is 22.5. The molecule has 7 nitrogen and oxygen atoms in total. The summed E-state index contributed by atoms with van der Waals surface area (Å²) in [5.74, 6) is 1.87. The normalized spacial score (nSPS) is 14.1. The van der Waals surface area contributed by atoms with Crippen LogP contribution < -0.4 is 24.7 Å². The van der Waals surface area contributed by atoms with Crippen molar-refractivity contribution in [3.63, 3.8) is 0 Å². The summed E-state index contributed by atoms with van der Waals surface area (Å²) in [4.78, 5) is 12.6. The molecule has 2 N–H and O–H groups in total. The summed E-state index contributed by atoms with van der Waals surface area (Å²) in [5.41, 5.74) is 8.78. The monoisotopic (exact) mass is 504 g/mol. The SMILES string of the molecule is COc1ccc(CC(=O)Oc2ccc3c(c2)OC(N)=C(C#N)C3c2cccc(Oc3ccccc3)c2)cc1. The average Bonchev–Trinajstić information content (AvgIpc) is 2.93. The maximum Gasteiger partial charge on any atom is 0.315 e. The largest absolute Gasteiger partial charge is 0.497 e. The first-order valence-electron chi connectivity index (χ1n) is 11.9. The van der Waals surface area contributed by atoms with E-state index in [0.717, 1.165) is 16.7 Å². The van der Waals surface area contributed by atoms with Gasteiger partial charge in [0.25, 0.3) is 0 Å². The van der Waals surface area contributed by atoms with E-state index in [0.29, 0.717) is 34.3 Å². The molecule has 4 aromatic rings. The molecule has 0 bridgehead atoms. The molecule has 0 radical (unpaired) electrons. The molecule has 7 heteroatoms. The summed E-state index contributed by atoms with van der Waals surface area (Å²) >= 11 is 0. The van der Waals surface area contributed by atoms with Crippen LogP contribution in [0.4, 0.5) is 0 Å². The van der Waals surface area contributed by atoms with Gasteiger partial charge in [-0.15, -0.1) is 0 Å². The van der Waals surface area contributed by atoms with Gasteiger partial charge < -0.3 is 24.7 Å². The van der Waals surface area contributed by atoms with Gasteiger partial charge in [0, 0.05) is 11.6 Å². The molecular weight excluding hydrogens is 480 g/mol. The maximum atomic E-state index is 12.6. The van der Waals surface area contributed by atoms with Crippen molar-refractivity contribution < 1.29 is 23.7 Å². The van der Waals surface area contributed by atoms with Gasteiger partial charge in [-0.2, -0.15) is 5.26 Å². The first-order valence-corrected chi connectivity index (χ1v) is 11.9. The molecule has 1 heterocycles. The highest BCUT2D eigenvalue weighted by molar-refractivity contribution is 5.75. The van der Waals surface area contributed by atoms with E-state index in [1.807, 2.05) is 66.7 Å². The number of nitrogens with two attached hydrogens (primary N) is 1. The van der Waals surface area contributed by atoms with E-state index in [4.69, 9.17) is 24.7 Å². The molecule has 0 amide bonds. The number of esters is 1. The highest BCUT2D eigenvalue weighted by Crippen LogP contribution is 2.44. The van der Waals surface area contributed by atoms with E-state index in [2.05, 4.69) is 6.07 Å². The number of carbonyl (C=O) groups excluding carboxylic acids is 1. The molecule has 0 saturated carbocycles. The third-order valence-corrected chi connectivity index (χ3v) is 6.10. The second-order valence-corrected chi connectivity index (χ2v) is 8.61. The average molecular weight is 505 g/mol. The standard InChI is InChI=1S/C31H24N2O5/c1-35-22-12-10-20(11-13-22)16-29(34)37-25-14-15-26-28(18-25)38-31(33)27(19-32)30(26)21-6-5-9-24(17-21)36-23-7-3-2-4-8-23/h2-15,17-18,30H,16,33H2,1H3. The number of hydrogen-bond acceptors (Lipinski definition) is 7. The number of benzene rings is 4. The molecule has 188 valence electrons. The number of allylic oxidation sites excluding steroid dienone is 1. The summed E-state index contributed by atoms with van der Waals surface area (Å²) in [6, 6.07) is 31.4. The Labute approximate surface area is 220 Å². The zero-order valence-corrected chi connectivity index (χ0v) is 20.6. The minimum atomic E-state index is -0.480. The minimum absolute atomic E-state index is 0.00101. The first-order chi connectivity index (χ1) is 18.5. The van der Waals surface area contributed by atoms with E-state index in [9.17, 15) is 10.1 Å². The van der Waals surface area contributed by atoms with Gasteiger partial charge in [-0.3, -0.25) is 4.79 Å². The van der Waals surface area contributed by atoms with Crippen LogP contribution in [0.15, 0.2) is 109 Å². The van der Waals surface area contributed by atoms with Crippen LogP contribution in [-0.2, 0) is 11.2 Å². The molecular formula is C31H24N2O5. The van der Waals surface area contributed by atoms with Crippen LogP contribution in [0.5, 0.6) is 28.7 Å². The number of nitrogens with zero attached hydrogens (tertiary/aromatic N) is 1. The Morgan fingerprint density at radius 3 is 2.37 bits per heavy atom. The van der Waals surface area contributed by atoms with Crippen LogP contribution >= 0.6 is 0 Å². The Balaban J connectivity index is 1.39. The van der Waals surface area contributed by atoms with Crippen LogP contribution in [-0.4, -0.2) is 13.1 Å². The zero-order chi connectivity index (χ0) is 26.5. The molecule has 0 saturated heterocycles. The van der Waals surface area contributed by atoms with Crippen LogP contribution in [0.2, 0.25) is 0 Å². The number of methoxy groups -OCH3 is 1. The Morgan fingerprint density at radius 2 is 1.63 bits per heavy atom. The first kappa shape index (κ1) is 24.5. The van der Waals surface area contributed by atoms with Crippen LogP contribution in [0.1, 0.15) is 22.6 Å². The molecule has 0 aromatic heterocycles. The molecule has 0 aliphatic carbocycles.